The van der Waals surface area contributed by atoms with Crippen molar-refractivity contribution in [1.29, 1.82) is 0 Å². The number of allylic oxidation sites excluding steroid dienone is 1. The molecule has 1 aliphatic carbocycles. The Morgan fingerprint density at radius 3 is 2.74 bits per heavy atom. The minimum Gasteiger partial charge on any atom is -0.385 e. The van der Waals surface area contributed by atoms with Crippen LogP contribution >= 0.6 is 0 Å². The van der Waals surface area contributed by atoms with Gasteiger partial charge in [-0.15, -0.1) is 0 Å². The summed E-state index contributed by atoms with van der Waals surface area (Å²) in [5, 5.41) is 4.47. The molecule has 3 aromatic rings. The Hall–Kier alpha value is -3.45. The molecule has 1 unspecified atom stereocenters. The number of rotatable bonds is 7. The number of amidine groups is 1. The van der Waals surface area contributed by atoms with Crippen molar-refractivity contribution in [2.45, 2.75) is 38.8 Å². The average molecular weight is 461 g/mol. The van der Waals surface area contributed by atoms with Crippen LogP contribution in [0.15, 0.2) is 66.2 Å². The Morgan fingerprint density at radius 1 is 1.18 bits per heavy atom. The Balaban J connectivity index is 1.44. The summed E-state index contributed by atoms with van der Waals surface area (Å²) in [5.74, 6) is 0.507. The quantitative estimate of drug-likeness (QED) is 0.455. The van der Waals surface area contributed by atoms with Gasteiger partial charge in [-0.05, 0) is 73.2 Å². The van der Waals surface area contributed by atoms with Crippen LogP contribution in [-0.4, -0.2) is 40.5 Å². The highest BCUT2D eigenvalue weighted by atomic mass is 19.1. The lowest BCUT2D eigenvalue weighted by molar-refractivity contribution is -0.0915. The minimum atomic E-state index is -0.807. The Kier molecular flexibility index (Phi) is 5.96. The zero-order valence-corrected chi connectivity index (χ0v) is 19.8. The lowest BCUT2D eigenvalue weighted by atomic mass is 10.0. The zero-order chi connectivity index (χ0) is 23.7. The van der Waals surface area contributed by atoms with Gasteiger partial charge in [0.25, 0.3) is 0 Å². The number of imidazole rings is 1. The summed E-state index contributed by atoms with van der Waals surface area (Å²) in [5.41, 5.74) is 5.97. The number of benzene rings is 2. The monoisotopic (exact) mass is 460 g/mol. The van der Waals surface area contributed by atoms with Crippen molar-refractivity contribution in [2.24, 2.45) is 5.16 Å². The van der Waals surface area contributed by atoms with E-state index in [2.05, 4.69) is 43.9 Å². The highest BCUT2D eigenvalue weighted by Crippen LogP contribution is 2.38. The lowest BCUT2D eigenvalue weighted by Crippen LogP contribution is -2.44. The third-order valence-corrected chi connectivity index (χ3v) is 6.63. The molecule has 0 saturated carbocycles. The summed E-state index contributed by atoms with van der Waals surface area (Å²) in [6.45, 7) is 5.31. The van der Waals surface area contributed by atoms with Gasteiger partial charge >= 0.3 is 0 Å². The van der Waals surface area contributed by atoms with E-state index in [0.29, 0.717) is 13.2 Å². The van der Waals surface area contributed by atoms with Crippen LogP contribution in [0.2, 0.25) is 0 Å². The fraction of sp³-hybridized carbons (Fsp3) is 0.333. The molecule has 2 aliphatic rings. The second kappa shape index (κ2) is 9.06. The Morgan fingerprint density at radius 2 is 2.00 bits per heavy atom. The lowest BCUT2D eigenvalue weighted by Gasteiger charge is -2.34. The predicted molar refractivity (Wildman–Crippen MR) is 130 cm³/mol. The highest BCUT2D eigenvalue weighted by molar-refractivity contribution is 6.01. The average Bonchev–Trinajstić information content (AvgIpc) is 3.53. The first-order valence-electron chi connectivity index (χ1n) is 11.6. The van der Waals surface area contributed by atoms with Crippen LogP contribution < -0.4 is 0 Å². The molecule has 0 N–H and O–H groups in total. The maximum Gasteiger partial charge on any atom is 0.234 e. The van der Waals surface area contributed by atoms with Crippen molar-refractivity contribution in [3.8, 4) is 5.69 Å². The number of nitrogens with zero attached hydrogens (tertiary/aromatic N) is 4. The largest absolute Gasteiger partial charge is 0.385 e. The van der Waals surface area contributed by atoms with E-state index in [9.17, 15) is 4.39 Å². The van der Waals surface area contributed by atoms with Gasteiger partial charge in [0.2, 0.25) is 5.72 Å². The van der Waals surface area contributed by atoms with Crippen LogP contribution in [0, 0.1) is 12.7 Å². The molecule has 0 radical (unpaired) electrons. The van der Waals surface area contributed by atoms with Gasteiger partial charge in [0.05, 0.1) is 12.0 Å². The smallest absolute Gasteiger partial charge is 0.234 e. The first-order chi connectivity index (χ1) is 16.5. The number of methoxy groups -OCH3 is 1. The third kappa shape index (κ3) is 4.12. The molecule has 2 heterocycles. The molecule has 1 aromatic heterocycles. The normalized spacial score (nSPS) is 20.5. The summed E-state index contributed by atoms with van der Waals surface area (Å²) in [4.78, 5) is 12.5. The van der Waals surface area contributed by atoms with Crippen LogP contribution in [-0.2, 0) is 21.7 Å². The van der Waals surface area contributed by atoms with E-state index in [1.807, 2.05) is 26.4 Å². The van der Waals surface area contributed by atoms with Gasteiger partial charge in [0, 0.05) is 44.6 Å². The molecule has 176 valence electrons. The first-order valence-corrected chi connectivity index (χ1v) is 11.6. The maximum absolute atomic E-state index is 13.6. The fourth-order valence-corrected chi connectivity index (χ4v) is 4.75. The second-order valence-corrected chi connectivity index (χ2v) is 8.96. The summed E-state index contributed by atoms with van der Waals surface area (Å²) in [6.07, 6.45) is 8.76. The van der Waals surface area contributed by atoms with Gasteiger partial charge in [0.1, 0.15) is 5.82 Å². The number of oxime groups is 1. The highest BCUT2D eigenvalue weighted by Gasteiger charge is 2.42. The molecule has 34 heavy (non-hydrogen) atoms. The molecular weight excluding hydrogens is 431 g/mol. The van der Waals surface area contributed by atoms with Crippen LogP contribution in [0.1, 0.15) is 42.1 Å². The van der Waals surface area contributed by atoms with Crippen LogP contribution in [0.5, 0.6) is 0 Å². The van der Waals surface area contributed by atoms with Gasteiger partial charge in [0.15, 0.2) is 5.84 Å². The van der Waals surface area contributed by atoms with Crippen molar-refractivity contribution in [3.63, 3.8) is 0 Å². The molecule has 0 saturated heterocycles. The minimum absolute atomic E-state index is 0.271. The molecule has 2 aromatic carbocycles. The maximum atomic E-state index is 13.6. The molecule has 5 rings (SSSR count). The molecular formula is C27H29FN4O2. The summed E-state index contributed by atoms with van der Waals surface area (Å²) >= 11 is 0. The van der Waals surface area contributed by atoms with Crippen molar-refractivity contribution in [3.05, 3.63) is 89.3 Å². The number of hydrogen-bond donors (Lipinski definition) is 0. The molecule has 1 atom stereocenters. The summed E-state index contributed by atoms with van der Waals surface area (Å²) < 4.78 is 20.9. The van der Waals surface area contributed by atoms with Gasteiger partial charge in [-0.25, -0.2) is 9.37 Å². The molecule has 6 nitrogen and oxygen atoms in total. The topological polar surface area (TPSA) is 51.9 Å². The number of halogens is 1. The molecule has 0 amide bonds. The Labute approximate surface area is 199 Å². The molecule has 1 aliphatic heterocycles. The van der Waals surface area contributed by atoms with Crippen LogP contribution in [0.25, 0.3) is 11.3 Å². The van der Waals surface area contributed by atoms with E-state index >= 15 is 0 Å². The number of ether oxygens (including phenoxy) is 1. The van der Waals surface area contributed by atoms with Crippen LogP contribution in [0.4, 0.5) is 4.39 Å². The van der Waals surface area contributed by atoms with E-state index in [1.54, 1.807) is 19.2 Å². The first kappa shape index (κ1) is 22.3. The van der Waals surface area contributed by atoms with E-state index in [-0.39, 0.29) is 5.82 Å². The zero-order valence-electron chi connectivity index (χ0n) is 19.8. The molecule has 7 heteroatoms. The number of fused-ring (bicyclic) bond motifs is 1. The van der Waals surface area contributed by atoms with Crippen molar-refractivity contribution >= 4 is 11.4 Å². The number of aryl methyl sites for hydroxylation is 2. The second-order valence-electron chi connectivity index (χ2n) is 8.96. The van der Waals surface area contributed by atoms with Gasteiger partial charge in [-0.2, -0.15) is 0 Å². The molecule has 0 fully saturated rings. The van der Waals surface area contributed by atoms with Gasteiger partial charge in [-0.1, -0.05) is 23.4 Å². The van der Waals surface area contributed by atoms with E-state index < -0.39 is 5.72 Å². The van der Waals surface area contributed by atoms with Gasteiger partial charge in [-0.3, -0.25) is 0 Å². The van der Waals surface area contributed by atoms with Crippen molar-refractivity contribution < 1.29 is 14.0 Å². The SMILES string of the molecule is COCCCN1C(/C=C2/CCc3cc(-n4cnc(C)c4)ccc32)=NOC1(C)c1ccc(F)cc1. The van der Waals surface area contributed by atoms with E-state index in [1.165, 1.54) is 28.8 Å². The van der Waals surface area contributed by atoms with Crippen LogP contribution in [0.3, 0.4) is 0 Å². The standard InChI is InChI=1S/C27H29FN4O2/c1-19-17-31(18-29-19)24-11-12-25-20(15-24)5-6-21(25)16-26-30-34-27(2,32(26)13-4-14-33-3)22-7-9-23(28)10-8-22/h7-12,15-18H,4-6,13-14H2,1-3H3/b21-16-. The molecule has 0 spiro atoms. The number of aromatic nitrogens is 2. The summed E-state index contributed by atoms with van der Waals surface area (Å²) in [7, 11) is 1.70. The number of hydrogen-bond acceptors (Lipinski definition) is 5. The van der Waals surface area contributed by atoms with E-state index in [0.717, 1.165) is 42.0 Å². The Bertz CT molecular complexity index is 1250. The third-order valence-electron chi connectivity index (χ3n) is 6.63. The fourth-order valence-electron chi connectivity index (χ4n) is 4.75. The van der Waals surface area contributed by atoms with Gasteiger partial charge < -0.3 is 19.0 Å². The predicted octanol–water partition coefficient (Wildman–Crippen LogP) is 5.20. The summed E-state index contributed by atoms with van der Waals surface area (Å²) in [6, 6.07) is 13.0. The van der Waals surface area contributed by atoms with Crippen molar-refractivity contribution in [2.75, 3.05) is 20.3 Å². The molecule has 0 bridgehead atoms. The van der Waals surface area contributed by atoms with Crippen molar-refractivity contribution in [1.82, 2.24) is 14.5 Å². The van der Waals surface area contributed by atoms with E-state index in [4.69, 9.17) is 9.57 Å².